The Morgan fingerprint density at radius 2 is 2.24 bits per heavy atom. The monoisotopic (exact) mass is 270 g/mol. The van der Waals surface area contributed by atoms with E-state index in [-0.39, 0.29) is 23.7 Å². The Balaban J connectivity index is 2.41. The minimum Gasteiger partial charge on any atom is -0.342 e. The number of hydrogen-bond acceptors (Lipinski definition) is 3. The SMILES string of the molecule is C[C@@H](N)[C@@H]1CCCN(C(=O)CSC(F)(F)F)C1. The van der Waals surface area contributed by atoms with Crippen molar-refractivity contribution in [2.24, 2.45) is 11.7 Å². The summed E-state index contributed by atoms with van der Waals surface area (Å²) in [6, 6.07) is -0.0270. The summed E-state index contributed by atoms with van der Waals surface area (Å²) in [6.45, 7) is 2.89. The van der Waals surface area contributed by atoms with Crippen LogP contribution in [0.3, 0.4) is 0 Å². The first-order valence-corrected chi connectivity index (χ1v) is 6.52. The van der Waals surface area contributed by atoms with Gasteiger partial charge in [-0.1, -0.05) is 0 Å². The Morgan fingerprint density at radius 1 is 1.59 bits per heavy atom. The molecule has 2 atom stereocenters. The molecule has 7 heteroatoms. The predicted octanol–water partition coefficient (Wildman–Crippen LogP) is 1.83. The number of hydrogen-bond donors (Lipinski definition) is 1. The molecule has 0 aromatic carbocycles. The summed E-state index contributed by atoms with van der Waals surface area (Å²) < 4.78 is 35.9. The molecule has 0 aliphatic carbocycles. The van der Waals surface area contributed by atoms with Gasteiger partial charge in [0.15, 0.2) is 0 Å². The zero-order valence-electron chi connectivity index (χ0n) is 9.67. The first-order chi connectivity index (χ1) is 7.79. The molecule has 100 valence electrons. The lowest BCUT2D eigenvalue weighted by atomic mass is 9.92. The number of piperidine rings is 1. The van der Waals surface area contributed by atoms with Gasteiger partial charge >= 0.3 is 5.51 Å². The first kappa shape index (κ1) is 14.6. The summed E-state index contributed by atoms with van der Waals surface area (Å²) in [7, 11) is 0. The van der Waals surface area contributed by atoms with Gasteiger partial charge in [0.25, 0.3) is 0 Å². The molecule has 1 rings (SSSR count). The normalized spacial score (nSPS) is 23.6. The molecule has 0 radical (unpaired) electrons. The highest BCUT2D eigenvalue weighted by Gasteiger charge is 2.32. The Kier molecular flexibility index (Phi) is 5.12. The second-order valence-electron chi connectivity index (χ2n) is 4.34. The van der Waals surface area contributed by atoms with Crippen molar-refractivity contribution in [3.05, 3.63) is 0 Å². The predicted molar refractivity (Wildman–Crippen MR) is 61.5 cm³/mol. The number of nitrogens with two attached hydrogens (primary N) is 1. The van der Waals surface area contributed by atoms with E-state index in [1.54, 1.807) is 0 Å². The number of rotatable bonds is 3. The van der Waals surface area contributed by atoms with E-state index in [4.69, 9.17) is 5.73 Å². The van der Waals surface area contributed by atoms with Crippen molar-refractivity contribution in [3.63, 3.8) is 0 Å². The van der Waals surface area contributed by atoms with Gasteiger partial charge in [-0.25, -0.2) is 0 Å². The van der Waals surface area contributed by atoms with E-state index in [0.29, 0.717) is 13.1 Å². The third kappa shape index (κ3) is 5.16. The van der Waals surface area contributed by atoms with Gasteiger partial charge in [0.05, 0.1) is 5.75 Å². The van der Waals surface area contributed by atoms with E-state index in [0.717, 1.165) is 12.8 Å². The fraction of sp³-hybridized carbons (Fsp3) is 0.900. The van der Waals surface area contributed by atoms with Crippen LogP contribution in [0.5, 0.6) is 0 Å². The van der Waals surface area contributed by atoms with E-state index >= 15 is 0 Å². The largest absolute Gasteiger partial charge is 0.442 e. The molecule has 1 aliphatic rings. The minimum absolute atomic E-state index is 0.0270. The number of nitrogens with zero attached hydrogens (tertiary/aromatic N) is 1. The van der Waals surface area contributed by atoms with Crippen molar-refractivity contribution in [1.82, 2.24) is 4.90 Å². The van der Waals surface area contributed by atoms with Crippen LogP contribution in [0.1, 0.15) is 19.8 Å². The Hall–Kier alpha value is -0.430. The Bertz CT molecular complexity index is 271. The van der Waals surface area contributed by atoms with Crippen LogP contribution in [0, 0.1) is 5.92 Å². The van der Waals surface area contributed by atoms with Gasteiger partial charge in [0, 0.05) is 19.1 Å². The van der Waals surface area contributed by atoms with Crippen LogP contribution in [0.25, 0.3) is 0 Å². The highest BCUT2D eigenvalue weighted by molar-refractivity contribution is 8.00. The molecule has 0 aromatic rings. The molecule has 2 N–H and O–H groups in total. The second kappa shape index (κ2) is 5.95. The summed E-state index contributed by atoms with van der Waals surface area (Å²) in [5.74, 6) is -0.781. The van der Waals surface area contributed by atoms with E-state index in [2.05, 4.69) is 0 Å². The number of carbonyl (C=O) groups excluding carboxylic acids is 1. The lowest BCUT2D eigenvalue weighted by molar-refractivity contribution is -0.130. The average molecular weight is 270 g/mol. The van der Waals surface area contributed by atoms with Crippen LogP contribution < -0.4 is 5.73 Å². The average Bonchev–Trinajstić information content (AvgIpc) is 2.25. The highest BCUT2D eigenvalue weighted by Crippen LogP contribution is 2.30. The molecule has 1 heterocycles. The van der Waals surface area contributed by atoms with Crippen LogP contribution in [-0.2, 0) is 4.79 Å². The van der Waals surface area contributed by atoms with Crippen LogP contribution in [-0.4, -0.2) is 41.2 Å². The number of alkyl halides is 3. The van der Waals surface area contributed by atoms with Crippen LogP contribution in [0.2, 0.25) is 0 Å². The van der Waals surface area contributed by atoms with Crippen molar-refractivity contribution in [1.29, 1.82) is 0 Å². The van der Waals surface area contributed by atoms with Crippen LogP contribution >= 0.6 is 11.8 Å². The maximum atomic E-state index is 12.0. The van der Waals surface area contributed by atoms with Crippen molar-refractivity contribution in [2.75, 3.05) is 18.8 Å². The topological polar surface area (TPSA) is 46.3 Å². The van der Waals surface area contributed by atoms with Gasteiger partial charge in [0.1, 0.15) is 0 Å². The molecular formula is C10H17F3N2OS. The third-order valence-electron chi connectivity index (χ3n) is 2.91. The molecule has 1 fully saturated rings. The number of thioether (sulfide) groups is 1. The smallest absolute Gasteiger partial charge is 0.342 e. The van der Waals surface area contributed by atoms with Gasteiger partial charge in [-0.05, 0) is 37.4 Å². The van der Waals surface area contributed by atoms with Crippen molar-refractivity contribution < 1.29 is 18.0 Å². The van der Waals surface area contributed by atoms with Crippen molar-refractivity contribution in [2.45, 2.75) is 31.3 Å². The van der Waals surface area contributed by atoms with Gasteiger partial charge < -0.3 is 10.6 Å². The second-order valence-corrected chi connectivity index (χ2v) is 5.38. The molecule has 17 heavy (non-hydrogen) atoms. The zero-order chi connectivity index (χ0) is 13.1. The van der Waals surface area contributed by atoms with E-state index < -0.39 is 17.2 Å². The van der Waals surface area contributed by atoms with E-state index in [9.17, 15) is 18.0 Å². The summed E-state index contributed by atoms with van der Waals surface area (Å²) in [5, 5.41) is 0. The van der Waals surface area contributed by atoms with Crippen molar-refractivity contribution >= 4 is 17.7 Å². The highest BCUT2D eigenvalue weighted by atomic mass is 32.2. The first-order valence-electron chi connectivity index (χ1n) is 5.53. The lowest BCUT2D eigenvalue weighted by Crippen LogP contribution is -2.45. The Morgan fingerprint density at radius 3 is 2.76 bits per heavy atom. The molecule has 1 saturated heterocycles. The van der Waals surface area contributed by atoms with Crippen LogP contribution in [0.4, 0.5) is 13.2 Å². The van der Waals surface area contributed by atoms with Gasteiger partial charge in [0.2, 0.25) is 5.91 Å². The Labute approximate surface area is 103 Å². The molecule has 1 amide bonds. The van der Waals surface area contributed by atoms with Gasteiger partial charge in [-0.2, -0.15) is 13.2 Å². The quantitative estimate of drug-likeness (QED) is 0.851. The van der Waals surface area contributed by atoms with Crippen molar-refractivity contribution in [3.8, 4) is 0 Å². The standard InChI is InChI=1S/C10H17F3N2OS/c1-7(14)8-3-2-4-15(5-8)9(16)6-17-10(11,12)13/h7-8H,2-6,14H2,1H3/t7-,8-/m1/s1. The summed E-state index contributed by atoms with van der Waals surface area (Å²) in [6.07, 6.45) is 1.75. The van der Waals surface area contributed by atoms with E-state index in [1.165, 1.54) is 4.90 Å². The molecule has 0 aromatic heterocycles. The molecule has 0 spiro atoms. The molecule has 0 bridgehead atoms. The van der Waals surface area contributed by atoms with Gasteiger partial charge in [-0.3, -0.25) is 4.79 Å². The zero-order valence-corrected chi connectivity index (χ0v) is 10.5. The maximum Gasteiger partial charge on any atom is 0.442 e. The number of carbonyl (C=O) groups is 1. The lowest BCUT2D eigenvalue weighted by Gasteiger charge is -2.34. The maximum absolute atomic E-state index is 12.0. The number of halogens is 3. The summed E-state index contributed by atoms with van der Waals surface area (Å²) in [5.41, 5.74) is 1.41. The number of likely N-dealkylation sites (tertiary alicyclic amines) is 1. The fourth-order valence-electron chi connectivity index (χ4n) is 1.90. The summed E-state index contributed by atoms with van der Waals surface area (Å²) >= 11 is -0.278. The third-order valence-corrected chi connectivity index (χ3v) is 3.63. The molecule has 0 saturated carbocycles. The van der Waals surface area contributed by atoms with E-state index in [1.807, 2.05) is 6.92 Å². The number of amides is 1. The summed E-state index contributed by atoms with van der Waals surface area (Å²) in [4.78, 5) is 13.1. The molecule has 1 aliphatic heterocycles. The fourth-order valence-corrected chi connectivity index (χ4v) is 2.37. The molecule has 3 nitrogen and oxygen atoms in total. The molecule has 0 unspecified atom stereocenters. The molecular weight excluding hydrogens is 253 g/mol. The van der Waals surface area contributed by atoms with Gasteiger partial charge in [-0.15, -0.1) is 0 Å². The van der Waals surface area contributed by atoms with Crippen LogP contribution in [0.15, 0.2) is 0 Å². The minimum atomic E-state index is -4.34.